The van der Waals surface area contributed by atoms with Gasteiger partial charge in [0.15, 0.2) is 0 Å². The zero-order chi connectivity index (χ0) is 10.6. The van der Waals surface area contributed by atoms with Crippen molar-refractivity contribution in [3.05, 3.63) is 34.3 Å². The summed E-state index contributed by atoms with van der Waals surface area (Å²) in [7, 11) is 0. The molecule has 0 bridgehead atoms. The number of carbonyl (C=O) groups is 1. The average Bonchev–Trinajstić information content (AvgIpc) is 2.16. The lowest BCUT2D eigenvalue weighted by atomic mass is 10.00. The lowest BCUT2D eigenvalue weighted by Gasteiger charge is -2.14. The number of carbonyl (C=O) groups excluding carboxylic acids is 1. The fraction of sp³-hybridized carbons (Fsp3) is 0.300. The van der Waals surface area contributed by atoms with Gasteiger partial charge < -0.3 is 15.6 Å². The molecule has 3 nitrogen and oxygen atoms in total. The first-order valence-corrected chi connectivity index (χ1v) is 5.18. The van der Waals surface area contributed by atoms with Crippen LogP contribution in [0.2, 0.25) is 0 Å². The van der Waals surface area contributed by atoms with Crippen molar-refractivity contribution in [1.82, 2.24) is 0 Å². The van der Waals surface area contributed by atoms with E-state index in [0.29, 0.717) is 13.0 Å². The van der Waals surface area contributed by atoms with E-state index in [1.54, 1.807) is 0 Å². The first-order chi connectivity index (χ1) is 6.65. The van der Waals surface area contributed by atoms with E-state index < -0.39 is 11.9 Å². The van der Waals surface area contributed by atoms with Crippen molar-refractivity contribution in [3.63, 3.8) is 0 Å². The van der Waals surface area contributed by atoms with Crippen LogP contribution >= 0.6 is 15.9 Å². The average molecular weight is 258 g/mol. The van der Waals surface area contributed by atoms with Crippen molar-refractivity contribution >= 4 is 21.9 Å². The van der Waals surface area contributed by atoms with E-state index in [1.165, 1.54) is 0 Å². The summed E-state index contributed by atoms with van der Waals surface area (Å²) in [4.78, 5) is 10.7. The Kier molecular flexibility index (Phi) is 4.10. The van der Waals surface area contributed by atoms with E-state index in [2.05, 4.69) is 21.7 Å². The van der Waals surface area contributed by atoms with E-state index in [1.807, 2.05) is 24.3 Å². The zero-order valence-corrected chi connectivity index (χ0v) is 9.29. The SMILES string of the molecule is [NH3+]C[C@@H](Cc1ccccc1Br)C(=O)[O-]. The normalized spacial score (nSPS) is 12.4. The van der Waals surface area contributed by atoms with Crippen LogP contribution in [-0.2, 0) is 11.2 Å². The largest absolute Gasteiger partial charge is 0.550 e. The van der Waals surface area contributed by atoms with Crippen molar-refractivity contribution in [2.24, 2.45) is 5.92 Å². The maximum Gasteiger partial charge on any atom is 0.0824 e. The highest BCUT2D eigenvalue weighted by Gasteiger charge is 2.12. The maximum atomic E-state index is 10.7. The quantitative estimate of drug-likeness (QED) is 0.798. The Labute approximate surface area is 91.1 Å². The fourth-order valence-corrected chi connectivity index (χ4v) is 1.68. The highest BCUT2D eigenvalue weighted by molar-refractivity contribution is 9.10. The number of quaternary nitrogens is 1. The van der Waals surface area contributed by atoms with Gasteiger partial charge in [0, 0.05) is 4.47 Å². The molecule has 0 aromatic heterocycles. The van der Waals surface area contributed by atoms with Gasteiger partial charge in [-0.05, 0) is 18.1 Å². The molecular weight excluding hydrogens is 246 g/mol. The Balaban J connectivity index is 2.77. The molecule has 0 aliphatic carbocycles. The summed E-state index contributed by atoms with van der Waals surface area (Å²) in [6, 6.07) is 7.57. The third-order valence-corrected chi connectivity index (χ3v) is 2.88. The molecule has 1 rings (SSSR count). The molecule has 0 spiro atoms. The number of aliphatic carboxylic acids is 1. The highest BCUT2D eigenvalue weighted by Crippen LogP contribution is 2.18. The standard InChI is InChI=1S/C10H12BrNO2/c11-9-4-2-1-3-7(9)5-8(6-12)10(13)14/h1-4,8H,5-6,12H2,(H,13,14)/t8-/m1/s1. The minimum Gasteiger partial charge on any atom is -0.550 e. The summed E-state index contributed by atoms with van der Waals surface area (Å²) < 4.78 is 0.930. The molecule has 0 fully saturated rings. The molecule has 0 radical (unpaired) electrons. The molecule has 14 heavy (non-hydrogen) atoms. The smallest absolute Gasteiger partial charge is 0.0824 e. The van der Waals surface area contributed by atoms with Crippen LogP contribution in [0.3, 0.4) is 0 Å². The van der Waals surface area contributed by atoms with Gasteiger partial charge >= 0.3 is 0 Å². The minimum absolute atomic E-state index is 0.351. The summed E-state index contributed by atoms with van der Waals surface area (Å²) in [5.41, 5.74) is 4.57. The van der Waals surface area contributed by atoms with Gasteiger partial charge in [0.25, 0.3) is 0 Å². The third-order valence-electron chi connectivity index (χ3n) is 2.11. The van der Waals surface area contributed by atoms with Gasteiger partial charge in [0.05, 0.1) is 18.4 Å². The van der Waals surface area contributed by atoms with Gasteiger partial charge in [-0.25, -0.2) is 0 Å². The molecule has 0 aliphatic rings. The maximum absolute atomic E-state index is 10.7. The molecule has 1 aromatic rings. The number of hydrogen-bond donors (Lipinski definition) is 1. The van der Waals surface area contributed by atoms with E-state index >= 15 is 0 Å². The number of carboxylic acids is 1. The van der Waals surface area contributed by atoms with Crippen LogP contribution in [0, 0.1) is 5.92 Å². The van der Waals surface area contributed by atoms with Crippen molar-refractivity contribution in [2.45, 2.75) is 6.42 Å². The van der Waals surface area contributed by atoms with Crippen LogP contribution in [0.1, 0.15) is 5.56 Å². The van der Waals surface area contributed by atoms with Gasteiger partial charge in [-0.3, -0.25) is 0 Å². The van der Waals surface area contributed by atoms with Crippen molar-refractivity contribution in [1.29, 1.82) is 0 Å². The summed E-state index contributed by atoms with van der Waals surface area (Å²) in [6.45, 7) is 0.351. The lowest BCUT2D eigenvalue weighted by Crippen LogP contribution is -2.57. The molecule has 1 aromatic carbocycles. The van der Waals surface area contributed by atoms with Gasteiger partial charge in [-0.1, -0.05) is 34.1 Å². The Morgan fingerprint density at radius 3 is 2.64 bits per heavy atom. The summed E-state index contributed by atoms with van der Waals surface area (Å²) >= 11 is 3.37. The molecular formula is C10H12BrNO2. The summed E-state index contributed by atoms with van der Waals surface area (Å²) in [6.07, 6.45) is 0.466. The second kappa shape index (κ2) is 5.12. The van der Waals surface area contributed by atoms with Gasteiger partial charge in [0.2, 0.25) is 0 Å². The van der Waals surface area contributed by atoms with E-state index in [4.69, 9.17) is 0 Å². The first kappa shape index (κ1) is 11.2. The van der Waals surface area contributed by atoms with Crippen molar-refractivity contribution in [2.75, 3.05) is 6.54 Å². The highest BCUT2D eigenvalue weighted by atomic mass is 79.9. The minimum atomic E-state index is -1.03. The number of hydrogen-bond acceptors (Lipinski definition) is 2. The Bertz CT molecular complexity index is 328. The Hall–Kier alpha value is -0.870. The molecule has 0 saturated carbocycles. The van der Waals surface area contributed by atoms with Crippen LogP contribution in [0.5, 0.6) is 0 Å². The molecule has 1 atom stereocenters. The van der Waals surface area contributed by atoms with Gasteiger partial charge in [0.1, 0.15) is 0 Å². The molecule has 0 heterocycles. The number of halogens is 1. The predicted molar refractivity (Wildman–Crippen MR) is 54.1 cm³/mol. The van der Waals surface area contributed by atoms with Crippen molar-refractivity contribution < 1.29 is 15.6 Å². The lowest BCUT2D eigenvalue weighted by molar-refractivity contribution is -0.387. The van der Waals surface area contributed by atoms with Crippen LogP contribution in [0.4, 0.5) is 0 Å². The topological polar surface area (TPSA) is 67.8 Å². The number of rotatable bonds is 4. The molecule has 0 aliphatic heterocycles. The summed E-state index contributed by atoms with van der Waals surface area (Å²) in [5.74, 6) is -1.54. The Morgan fingerprint density at radius 1 is 1.50 bits per heavy atom. The second-order valence-electron chi connectivity index (χ2n) is 3.10. The van der Waals surface area contributed by atoms with Gasteiger partial charge in [-0.2, -0.15) is 0 Å². The number of carboxylic acid groups (broad SMARTS) is 1. The Morgan fingerprint density at radius 2 is 2.14 bits per heavy atom. The van der Waals surface area contributed by atoms with Crippen LogP contribution in [0.25, 0.3) is 0 Å². The molecule has 0 saturated heterocycles. The monoisotopic (exact) mass is 257 g/mol. The molecule has 4 heteroatoms. The molecule has 3 N–H and O–H groups in total. The molecule has 0 unspecified atom stereocenters. The van der Waals surface area contributed by atoms with Crippen molar-refractivity contribution in [3.8, 4) is 0 Å². The summed E-state index contributed by atoms with van der Waals surface area (Å²) in [5, 5.41) is 10.7. The first-order valence-electron chi connectivity index (χ1n) is 4.38. The van der Waals surface area contributed by atoms with E-state index in [9.17, 15) is 9.90 Å². The van der Waals surface area contributed by atoms with E-state index in [0.717, 1.165) is 10.0 Å². The van der Waals surface area contributed by atoms with Crippen LogP contribution < -0.4 is 10.8 Å². The fourth-order valence-electron chi connectivity index (χ4n) is 1.23. The van der Waals surface area contributed by atoms with Gasteiger partial charge in [-0.15, -0.1) is 0 Å². The number of benzene rings is 1. The molecule has 0 amide bonds. The predicted octanol–water partition coefficient (Wildman–Crippen LogP) is -0.400. The zero-order valence-electron chi connectivity index (χ0n) is 7.70. The van der Waals surface area contributed by atoms with E-state index in [-0.39, 0.29) is 0 Å². The third kappa shape index (κ3) is 2.82. The van der Waals surface area contributed by atoms with Crippen LogP contribution in [-0.4, -0.2) is 12.5 Å². The second-order valence-corrected chi connectivity index (χ2v) is 3.95. The van der Waals surface area contributed by atoms with Crippen LogP contribution in [0.15, 0.2) is 28.7 Å². The molecule has 76 valence electrons.